The monoisotopic (exact) mass is 248 g/mol. The van der Waals surface area contributed by atoms with E-state index in [9.17, 15) is 14.7 Å². The number of likely N-dealkylation sites (tertiary alicyclic amines) is 1. The average molecular weight is 248 g/mol. The van der Waals surface area contributed by atoms with E-state index in [2.05, 4.69) is 0 Å². The predicted molar refractivity (Wildman–Crippen MR) is 66.4 cm³/mol. The van der Waals surface area contributed by atoms with Crippen molar-refractivity contribution in [2.75, 3.05) is 13.1 Å². The molecule has 0 saturated carbocycles. The summed E-state index contributed by atoms with van der Waals surface area (Å²) in [5.41, 5.74) is 5.54. The van der Waals surface area contributed by atoms with Crippen LogP contribution in [-0.4, -0.2) is 34.9 Å². The Kier molecular flexibility index (Phi) is 3.50. The number of amides is 2. The van der Waals surface area contributed by atoms with Crippen LogP contribution in [0, 0.1) is 0 Å². The van der Waals surface area contributed by atoms with Gasteiger partial charge in [-0.1, -0.05) is 0 Å². The molecule has 0 aromatic heterocycles. The van der Waals surface area contributed by atoms with Crippen LogP contribution in [0.5, 0.6) is 5.75 Å². The standard InChI is InChI=1S/C13H16N2O3/c14-12(17)9-4-5-11(16)10(8-9)13(18)15-6-2-1-3-7-15/h4-5,8,16H,1-3,6-7H2,(H2,14,17). The van der Waals surface area contributed by atoms with Gasteiger partial charge < -0.3 is 15.7 Å². The molecule has 1 aromatic rings. The van der Waals surface area contributed by atoms with E-state index < -0.39 is 5.91 Å². The molecule has 2 rings (SSSR count). The van der Waals surface area contributed by atoms with Crippen molar-refractivity contribution in [3.05, 3.63) is 29.3 Å². The smallest absolute Gasteiger partial charge is 0.257 e. The minimum absolute atomic E-state index is 0.115. The molecule has 0 bridgehead atoms. The third kappa shape index (κ3) is 2.45. The second kappa shape index (κ2) is 5.08. The Bertz CT molecular complexity index is 479. The lowest BCUT2D eigenvalue weighted by Crippen LogP contribution is -2.35. The first-order chi connectivity index (χ1) is 8.59. The van der Waals surface area contributed by atoms with Gasteiger partial charge in [-0.05, 0) is 37.5 Å². The molecule has 18 heavy (non-hydrogen) atoms. The molecule has 0 aliphatic carbocycles. The number of hydrogen-bond donors (Lipinski definition) is 2. The molecule has 0 radical (unpaired) electrons. The molecule has 0 atom stereocenters. The molecule has 1 aliphatic rings. The van der Waals surface area contributed by atoms with E-state index in [0.29, 0.717) is 13.1 Å². The summed E-state index contributed by atoms with van der Waals surface area (Å²) in [7, 11) is 0. The largest absolute Gasteiger partial charge is 0.507 e. The molecule has 3 N–H and O–H groups in total. The minimum atomic E-state index is -0.609. The number of carbonyl (C=O) groups is 2. The Balaban J connectivity index is 2.28. The van der Waals surface area contributed by atoms with Crippen LogP contribution in [0.15, 0.2) is 18.2 Å². The Labute approximate surface area is 105 Å². The van der Waals surface area contributed by atoms with E-state index in [1.807, 2.05) is 0 Å². The number of primary amides is 1. The summed E-state index contributed by atoms with van der Waals surface area (Å²) in [5, 5.41) is 9.72. The van der Waals surface area contributed by atoms with Crippen LogP contribution in [0.2, 0.25) is 0 Å². The summed E-state index contributed by atoms with van der Waals surface area (Å²) in [6.07, 6.45) is 3.07. The number of aromatic hydroxyl groups is 1. The lowest BCUT2D eigenvalue weighted by atomic mass is 10.1. The van der Waals surface area contributed by atoms with Gasteiger partial charge >= 0.3 is 0 Å². The zero-order chi connectivity index (χ0) is 13.1. The third-order valence-electron chi connectivity index (χ3n) is 3.15. The molecule has 0 spiro atoms. The van der Waals surface area contributed by atoms with E-state index in [0.717, 1.165) is 19.3 Å². The summed E-state index contributed by atoms with van der Waals surface area (Å²) < 4.78 is 0. The highest BCUT2D eigenvalue weighted by molar-refractivity contribution is 6.01. The maximum atomic E-state index is 12.2. The molecule has 96 valence electrons. The quantitative estimate of drug-likeness (QED) is 0.822. The van der Waals surface area contributed by atoms with Crippen LogP contribution in [0.25, 0.3) is 0 Å². The number of nitrogens with zero attached hydrogens (tertiary/aromatic N) is 1. The van der Waals surface area contributed by atoms with E-state index in [1.54, 1.807) is 4.90 Å². The van der Waals surface area contributed by atoms with E-state index in [-0.39, 0.29) is 22.8 Å². The number of phenolic OH excluding ortho intramolecular Hbond substituents is 1. The normalized spacial score (nSPS) is 15.4. The summed E-state index contributed by atoms with van der Waals surface area (Å²) in [5.74, 6) is -0.964. The number of piperidine rings is 1. The van der Waals surface area contributed by atoms with Gasteiger partial charge in [0.2, 0.25) is 5.91 Å². The van der Waals surface area contributed by atoms with Crippen LogP contribution in [0.3, 0.4) is 0 Å². The highest BCUT2D eigenvalue weighted by Gasteiger charge is 2.21. The predicted octanol–water partition coefficient (Wildman–Crippen LogP) is 1.12. The van der Waals surface area contributed by atoms with Crippen molar-refractivity contribution in [3.8, 4) is 5.75 Å². The number of hydrogen-bond acceptors (Lipinski definition) is 3. The molecule has 1 saturated heterocycles. The molecule has 1 aromatic carbocycles. The number of benzene rings is 1. The van der Waals surface area contributed by atoms with Crippen LogP contribution in [0.1, 0.15) is 40.0 Å². The Morgan fingerprint density at radius 1 is 1.17 bits per heavy atom. The fourth-order valence-electron chi connectivity index (χ4n) is 2.13. The summed E-state index contributed by atoms with van der Waals surface area (Å²) >= 11 is 0. The molecular formula is C13H16N2O3. The van der Waals surface area contributed by atoms with Crippen LogP contribution >= 0.6 is 0 Å². The SMILES string of the molecule is NC(=O)c1ccc(O)c(C(=O)N2CCCCC2)c1. The molecule has 5 nitrogen and oxygen atoms in total. The fraction of sp³-hybridized carbons (Fsp3) is 0.385. The van der Waals surface area contributed by atoms with Crippen molar-refractivity contribution >= 4 is 11.8 Å². The Hall–Kier alpha value is -2.04. The van der Waals surface area contributed by atoms with E-state index in [4.69, 9.17) is 5.73 Å². The topological polar surface area (TPSA) is 83.6 Å². The minimum Gasteiger partial charge on any atom is -0.507 e. The average Bonchev–Trinajstić information content (AvgIpc) is 2.39. The molecule has 5 heteroatoms. The molecule has 0 unspecified atom stereocenters. The van der Waals surface area contributed by atoms with Crippen molar-refractivity contribution in [2.45, 2.75) is 19.3 Å². The number of nitrogens with two attached hydrogens (primary N) is 1. The van der Waals surface area contributed by atoms with Gasteiger partial charge in [0.1, 0.15) is 5.75 Å². The van der Waals surface area contributed by atoms with E-state index >= 15 is 0 Å². The first-order valence-corrected chi connectivity index (χ1v) is 6.01. The molecular weight excluding hydrogens is 232 g/mol. The molecule has 2 amide bonds. The Morgan fingerprint density at radius 2 is 1.83 bits per heavy atom. The highest BCUT2D eigenvalue weighted by Crippen LogP contribution is 2.22. The lowest BCUT2D eigenvalue weighted by Gasteiger charge is -2.27. The van der Waals surface area contributed by atoms with Gasteiger partial charge in [0.25, 0.3) is 5.91 Å². The third-order valence-corrected chi connectivity index (χ3v) is 3.15. The van der Waals surface area contributed by atoms with Gasteiger partial charge in [0.15, 0.2) is 0 Å². The van der Waals surface area contributed by atoms with Gasteiger partial charge in [-0.2, -0.15) is 0 Å². The second-order valence-electron chi connectivity index (χ2n) is 4.45. The van der Waals surface area contributed by atoms with Crippen molar-refractivity contribution in [3.63, 3.8) is 0 Å². The zero-order valence-electron chi connectivity index (χ0n) is 10.1. The first kappa shape index (κ1) is 12.4. The van der Waals surface area contributed by atoms with Gasteiger partial charge in [-0.15, -0.1) is 0 Å². The Morgan fingerprint density at radius 3 is 2.44 bits per heavy atom. The second-order valence-corrected chi connectivity index (χ2v) is 4.45. The van der Waals surface area contributed by atoms with Gasteiger partial charge in [0, 0.05) is 18.7 Å². The number of phenols is 1. The first-order valence-electron chi connectivity index (χ1n) is 6.01. The van der Waals surface area contributed by atoms with Crippen molar-refractivity contribution in [2.24, 2.45) is 5.73 Å². The zero-order valence-corrected chi connectivity index (χ0v) is 10.1. The van der Waals surface area contributed by atoms with Crippen LogP contribution < -0.4 is 5.73 Å². The van der Waals surface area contributed by atoms with Gasteiger partial charge in [0.05, 0.1) is 5.56 Å². The molecule has 1 fully saturated rings. The molecule has 1 aliphatic heterocycles. The fourth-order valence-corrected chi connectivity index (χ4v) is 2.13. The van der Waals surface area contributed by atoms with Crippen LogP contribution in [0.4, 0.5) is 0 Å². The molecule has 1 heterocycles. The lowest BCUT2D eigenvalue weighted by molar-refractivity contribution is 0.0721. The number of rotatable bonds is 2. The van der Waals surface area contributed by atoms with Gasteiger partial charge in [-0.25, -0.2) is 0 Å². The van der Waals surface area contributed by atoms with Crippen molar-refractivity contribution in [1.82, 2.24) is 4.90 Å². The van der Waals surface area contributed by atoms with Crippen LogP contribution in [-0.2, 0) is 0 Å². The summed E-state index contributed by atoms with van der Waals surface area (Å²) in [6, 6.07) is 4.09. The highest BCUT2D eigenvalue weighted by atomic mass is 16.3. The number of carbonyl (C=O) groups excluding carboxylic acids is 2. The van der Waals surface area contributed by atoms with Crippen molar-refractivity contribution < 1.29 is 14.7 Å². The van der Waals surface area contributed by atoms with Crippen molar-refractivity contribution in [1.29, 1.82) is 0 Å². The summed E-state index contributed by atoms with van der Waals surface area (Å²) in [4.78, 5) is 25.0. The van der Waals surface area contributed by atoms with E-state index in [1.165, 1.54) is 18.2 Å². The maximum absolute atomic E-state index is 12.2. The van der Waals surface area contributed by atoms with Gasteiger partial charge in [-0.3, -0.25) is 9.59 Å². The maximum Gasteiger partial charge on any atom is 0.257 e. The summed E-state index contributed by atoms with van der Waals surface area (Å²) in [6.45, 7) is 1.39.